The first-order chi connectivity index (χ1) is 12.4. The van der Waals surface area contributed by atoms with Crippen molar-refractivity contribution >= 4 is 29.2 Å². The fraction of sp³-hybridized carbons (Fsp3) is 0.176. The molecule has 0 spiro atoms. The Morgan fingerprint density at radius 1 is 1.12 bits per heavy atom. The van der Waals surface area contributed by atoms with Gasteiger partial charge < -0.3 is 19.5 Å². The standard InChI is InChI=1S/C17H14ClF2NO5/c1-24-14-8-10(2-7-13(14)26-17(19)20)16(23)25-9-15(22)21-12-5-3-11(18)4-6-12/h2-8,17H,9H2,1H3,(H,21,22). The summed E-state index contributed by atoms with van der Waals surface area (Å²) in [5.41, 5.74) is 0.508. The number of halogens is 3. The first-order valence-electron chi connectivity index (χ1n) is 7.24. The number of amides is 1. The van der Waals surface area contributed by atoms with Crippen molar-refractivity contribution in [1.29, 1.82) is 0 Å². The number of ether oxygens (including phenoxy) is 3. The summed E-state index contributed by atoms with van der Waals surface area (Å²) < 4.78 is 38.6. The highest BCUT2D eigenvalue weighted by Gasteiger charge is 2.16. The lowest BCUT2D eigenvalue weighted by Crippen LogP contribution is -2.21. The minimum atomic E-state index is -3.03. The van der Waals surface area contributed by atoms with Crippen LogP contribution in [0.4, 0.5) is 14.5 Å². The molecule has 2 aromatic carbocycles. The van der Waals surface area contributed by atoms with Gasteiger partial charge in [-0.05, 0) is 42.5 Å². The number of hydrogen-bond donors (Lipinski definition) is 1. The average molecular weight is 386 g/mol. The number of carbonyl (C=O) groups excluding carboxylic acids is 2. The molecule has 138 valence electrons. The van der Waals surface area contributed by atoms with Crippen LogP contribution < -0.4 is 14.8 Å². The van der Waals surface area contributed by atoms with Crippen LogP contribution in [0.5, 0.6) is 11.5 Å². The number of esters is 1. The number of anilines is 1. The van der Waals surface area contributed by atoms with Gasteiger partial charge in [0.05, 0.1) is 12.7 Å². The molecule has 9 heteroatoms. The van der Waals surface area contributed by atoms with Crippen molar-refractivity contribution in [2.75, 3.05) is 19.0 Å². The highest BCUT2D eigenvalue weighted by molar-refractivity contribution is 6.30. The quantitative estimate of drug-likeness (QED) is 0.735. The van der Waals surface area contributed by atoms with E-state index in [4.69, 9.17) is 21.1 Å². The number of rotatable bonds is 7. The molecule has 0 aliphatic rings. The maximum Gasteiger partial charge on any atom is 0.387 e. The lowest BCUT2D eigenvalue weighted by atomic mass is 10.2. The molecule has 0 saturated heterocycles. The molecule has 26 heavy (non-hydrogen) atoms. The third-order valence-corrected chi connectivity index (χ3v) is 3.33. The van der Waals surface area contributed by atoms with Crippen molar-refractivity contribution in [1.82, 2.24) is 0 Å². The van der Waals surface area contributed by atoms with Crippen LogP contribution in [-0.2, 0) is 9.53 Å². The van der Waals surface area contributed by atoms with Crippen LogP contribution in [0.15, 0.2) is 42.5 Å². The second-order valence-electron chi connectivity index (χ2n) is 4.88. The van der Waals surface area contributed by atoms with E-state index in [0.29, 0.717) is 10.7 Å². The molecule has 2 aromatic rings. The largest absolute Gasteiger partial charge is 0.493 e. The maximum atomic E-state index is 12.3. The molecule has 6 nitrogen and oxygen atoms in total. The minimum Gasteiger partial charge on any atom is -0.493 e. The van der Waals surface area contributed by atoms with Crippen LogP contribution in [0.2, 0.25) is 5.02 Å². The Kier molecular flexibility index (Phi) is 6.74. The molecule has 0 radical (unpaired) electrons. The van der Waals surface area contributed by atoms with E-state index in [1.54, 1.807) is 24.3 Å². The highest BCUT2D eigenvalue weighted by atomic mass is 35.5. The van der Waals surface area contributed by atoms with Gasteiger partial charge in [0.2, 0.25) is 0 Å². The lowest BCUT2D eigenvalue weighted by Gasteiger charge is -2.11. The second kappa shape index (κ2) is 9.00. The second-order valence-corrected chi connectivity index (χ2v) is 5.31. The smallest absolute Gasteiger partial charge is 0.387 e. The first-order valence-corrected chi connectivity index (χ1v) is 7.62. The molecule has 1 N–H and O–H groups in total. The van der Waals surface area contributed by atoms with Crippen LogP contribution in [0.3, 0.4) is 0 Å². The molecule has 2 rings (SSSR count). The molecule has 0 unspecified atom stereocenters. The minimum absolute atomic E-state index is 0.0164. The van der Waals surface area contributed by atoms with Crippen molar-refractivity contribution in [3.8, 4) is 11.5 Å². The lowest BCUT2D eigenvalue weighted by molar-refractivity contribution is -0.119. The summed E-state index contributed by atoms with van der Waals surface area (Å²) in [5.74, 6) is -1.66. The van der Waals surface area contributed by atoms with Gasteiger partial charge in [-0.15, -0.1) is 0 Å². The zero-order valence-electron chi connectivity index (χ0n) is 13.5. The predicted molar refractivity (Wildman–Crippen MR) is 90.0 cm³/mol. The fourth-order valence-electron chi connectivity index (χ4n) is 1.93. The van der Waals surface area contributed by atoms with E-state index in [2.05, 4.69) is 10.1 Å². The van der Waals surface area contributed by atoms with Gasteiger partial charge in [0, 0.05) is 10.7 Å². The Bertz CT molecular complexity index is 783. The van der Waals surface area contributed by atoms with Gasteiger partial charge in [-0.1, -0.05) is 11.6 Å². The van der Waals surface area contributed by atoms with Crippen LogP contribution in [0.25, 0.3) is 0 Å². The Balaban J connectivity index is 1.94. The number of carbonyl (C=O) groups is 2. The van der Waals surface area contributed by atoms with E-state index < -0.39 is 25.1 Å². The number of hydrogen-bond acceptors (Lipinski definition) is 5. The van der Waals surface area contributed by atoms with E-state index in [9.17, 15) is 18.4 Å². The summed E-state index contributed by atoms with van der Waals surface area (Å²) in [5, 5.41) is 3.04. The topological polar surface area (TPSA) is 73.9 Å². The predicted octanol–water partition coefficient (Wildman–Crippen LogP) is 3.75. The average Bonchev–Trinajstić information content (AvgIpc) is 2.61. The Labute approximate surface area is 152 Å². The Morgan fingerprint density at radius 2 is 1.81 bits per heavy atom. The number of alkyl halides is 2. The summed E-state index contributed by atoms with van der Waals surface area (Å²) in [4.78, 5) is 23.8. The van der Waals surface area contributed by atoms with E-state index in [0.717, 1.165) is 6.07 Å². The van der Waals surface area contributed by atoms with Crippen LogP contribution in [0, 0.1) is 0 Å². The third-order valence-electron chi connectivity index (χ3n) is 3.08. The van der Waals surface area contributed by atoms with Crippen molar-refractivity contribution < 1.29 is 32.6 Å². The van der Waals surface area contributed by atoms with E-state index in [-0.39, 0.29) is 17.1 Å². The zero-order chi connectivity index (χ0) is 19.1. The van der Waals surface area contributed by atoms with E-state index in [1.165, 1.54) is 19.2 Å². The molecular formula is C17H14ClF2NO5. The number of nitrogens with one attached hydrogen (secondary N) is 1. The van der Waals surface area contributed by atoms with Crippen molar-refractivity contribution in [3.05, 3.63) is 53.1 Å². The zero-order valence-corrected chi connectivity index (χ0v) is 14.3. The molecule has 0 bridgehead atoms. The number of methoxy groups -OCH3 is 1. The maximum absolute atomic E-state index is 12.3. The summed E-state index contributed by atoms with van der Waals surface area (Å²) in [6.07, 6.45) is 0. The molecule has 0 heterocycles. The first kappa shape index (κ1) is 19.5. The van der Waals surface area contributed by atoms with Gasteiger partial charge in [-0.2, -0.15) is 8.78 Å². The summed E-state index contributed by atoms with van der Waals surface area (Å²) in [6, 6.07) is 9.92. The van der Waals surface area contributed by atoms with Crippen molar-refractivity contribution in [2.24, 2.45) is 0 Å². The van der Waals surface area contributed by atoms with Crippen molar-refractivity contribution in [3.63, 3.8) is 0 Å². The fourth-order valence-corrected chi connectivity index (χ4v) is 2.06. The van der Waals surface area contributed by atoms with Crippen LogP contribution >= 0.6 is 11.6 Å². The van der Waals surface area contributed by atoms with E-state index >= 15 is 0 Å². The Hall–Kier alpha value is -2.87. The monoisotopic (exact) mass is 385 g/mol. The Morgan fingerprint density at radius 3 is 2.42 bits per heavy atom. The van der Waals surface area contributed by atoms with Gasteiger partial charge in [-0.25, -0.2) is 4.79 Å². The highest BCUT2D eigenvalue weighted by Crippen LogP contribution is 2.29. The summed E-state index contributed by atoms with van der Waals surface area (Å²) >= 11 is 5.74. The van der Waals surface area contributed by atoms with Crippen LogP contribution in [-0.4, -0.2) is 32.2 Å². The van der Waals surface area contributed by atoms with Gasteiger partial charge in [0.1, 0.15) is 0 Å². The van der Waals surface area contributed by atoms with Crippen LogP contribution in [0.1, 0.15) is 10.4 Å². The van der Waals surface area contributed by atoms with Gasteiger partial charge in [-0.3, -0.25) is 4.79 Å². The summed E-state index contributed by atoms with van der Waals surface area (Å²) in [6.45, 7) is -3.56. The normalized spacial score (nSPS) is 10.3. The molecular weight excluding hydrogens is 372 g/mol. The van der Waals surface area contributed by atoms with E-state index in [1.807, 2.05) is 0 Å². The van der Waals surface area contributed by atoms with Gasteiger partial charge in [0.15, 0.2) is 18.1 Å². The molecule has 0 fully saturated rings. The molecule has 0 saturated carbocycles. The van der Waals surface area contributed by atoms with Gasteiger partial charge in [0.25, 0.3) is 5.91 Å². The molecule has 0 aromatic heterocycles. The van der Waals surface area contributed by atoms with Crippen molar-refractivity contribution in [2.45, 2.75) is 6.61 Å². The third kappa shape index (κ3) is 5.59. The molecule has 0 aliphatic heterocycles. The molecule has 0 aliphatic carbocycles. The molecule has 0 atom stereocenters. The molecule has 1 amide bonds. The SMILES string of the molecule is COc1cc(C(=O)OCC(=O)Nc2ccc(Cl)cc2)ccc1OC(F)F. The summed E-state index contributed by atoms with van der Waals surface area (Å²) in [7, 11) is 1.24. The number of benzene rings is 2. The van der Waals surface area contributed by atoms with Gasteiger partial charge >= 0.3 is 12.6 Å².